The summed E-state index contributed by atoms with van der Waals surface area (Å²) in [5.74, 6) is -0.159. The van der Waals surface area contributed by atoms with Crippen molar-refractivity contribution in [3.05, 3.63) is 24.3 Å². The van der Waals surface area contributed by atoms with Crippen LogP contribution < -0.4 is 15.5 Å². The van der Waals surface area contributed by atoms with E-state index in [4.69, 9.17) is 0 Å². The molecule has 3 amide bonds. The highest BCUT2D eigenvalue weighted by Crippen LogP contribution is 2.22. The largest absolute Gasteiger partial charge is 0.353 e. The Hall–Kier alpha value is -2.41. The van der Waals surface area contributed by atoms with Gasteiger partial charge in [-0.25, -0.2) is 0 Å². The molecular weight excluding hydrogens is 320 g/mol. The molecule has 0 atom stereocenters. The Kier molecular flexibility index (Phi) is 6.52. The number of amides is 3. The van der Waals surface area contributed by atoms with Gasteiger partial charge in [0.25, 0.3) is 0 Å². The van der Waals surface area contributed by atoms with Crippen molar-refractivity contribution in [3.8, 4) is 0 Å². The number of nitrogens with one attached hydrogen (secondary N) is 2. The molecule has 2 rings (SSSR count). The van der Waals surface area contributed by atoms with Crippen LogP contribution in [-0.4, -0.2) is 55.3 Å². The fraction of sp³-hybridized carbons (Fsp3) is 0.500. The van der Waals surface area contributed by atoms with Gasteiger partial charge in [0.15, 0.2) is 0 Å². The lowest BCUT2D eigenvalue weighted by atomic mass is 10.2. The quantitative estimate of drug-likeness (QED) is 0.777. The first kappa shape index (κ1) is 18.9. The van der Waals surface area contributed by atoms with Crippen molar-refractivity contribution in [2.24, 2.45) is 0 Å². The van der Waals surface area contributed by atoms with Crippen LogP contribution in [0.15, 0.2) is 24.3 Å². The molecule has 0 radical (unpaired) electrons. The van der Waals surface area contributed by atoms with Crippen LogP contribution in [0, 0.1) is 0 Å². The monoisotopic (exact) mass is 346 g/mol. The summed E-state index contributed by atoms with van der Waals surface area (Å²) in [6.45, 7) is 4.82. The number of carbonyl (C=O) groups is 3. The summed E-state index contributed by atoms with van der Waals surface area (Å²) < 4.78 is 0. The molecule has 1 aromatic carbocycles. The van der Waals surface area contributed by atoms with Gasteiger partial charge >= 0.3 is 0 Å². The van der Waals surface area contributed by atoms with Crippen molar-refractivity contribution in [2.75, 3.05) is 36.9 Å². The zero-order chi connectivity index (χ0) is 18.4. The normalized spacial score (nSPS) is 14.3. The minimum Gasteiger partial charge on any atom is -0.353 e. The number of rotatable bonds is 7. The Bertz CT molecular complexity index is 628. The number of benzene rings is 1. The number of likely N-dealkylation sites (N-methyl/N-ethyl adjacent to an activating group) is 1. The van der Waals surface area contributed by atoms with Gasteiger partial charge in [-0.1, -0.05) is 0 Å². The Morgan fingerprint density at radius 1 is 1.16 bits per heavy atom. The molecule has 0 unspecified atom stereocenters. The molecule has 2 N–H and O–H groups in total. The first-order valence-electron chi connectivity index (χ1n) is 8.53. The van der Waals surface area contributed by atoms with Gasteiger partial charge in [-0.15, -0.1) is 0 Å². The van der Waals surface area contributed by atoms with Gasteiger partial charge in [0, 0.05) is 30.4 Å². The third-order valence-electron chi connectivity index (χ3n) is 3.81. The van der Waals surface area contributed by atoms with E-state index in [9.17, 15) is 14.4 Å². The molecule has 0 saturated carbocycles. The minimum atomic E-state index is -0.190. The van der Waals surface area contributed by atoms with Crippen molar-refractivity contribution in [2.45, 2.75) is 32.7 Å². The Labute approximate surface area is 148 Å². The van der Waals surface area contributed by atoms with Gasteiger partial charge in [-0.2, -0.15) is 0 Å². The summed E-state index contributed by atoms with van der Waals surface area (Å²) in [7, 11) is 1.72. The van der Waals surface area contributed by atoms with Crippen LogP contribution >= 0.6 is 0 Å². The molecular formula is C18H26N4O3. The van der Waals surface area contributed by atoms with E-state index in [0.29, 0.717) is 12.1 Å². The van der Waals surface area contributed by atoms with E-state index in [0.717, 1.165) is 18.7 Å². The highest BCUT2D eigenvalue weighted by Gasteiger charge is 2.21. The van der Waals surface area contributed by atoms with E-state index in [1.807, 2.05) is 26.0 Å². The van der Waals surface area contributed by atoms with E-state index in [1.54, 1.807) is 29.0 Å². The number of anilines is 2. The Balaban J connectivity index is 1.82. The van der Waals surface area contributed by atoms with Crippen molar-refractivity contribution in [3.63, 3.8) is 0 Å². The smallest absolute Gasteiger partial charge is 0.238 e. The molecule has 0 bridgehead atoms. The molecule has 0 aromatic heterocycles. The maximum Gasteiger partial charge on any atom is 0.238 e. The molecule has 25 heavy (non-hydrogen) atoms. The van der Waals surface area contributed by atoms with E-state index in [2.05, 4.69) is 10.6 Å². The lowest BCUT2D eigenvalue weighted by Crippen LogP contribution is -2.41. The molecule has 136 valence electrons. The molecule has 1 aliphatic rings. The fourth-order valence-corrected chi connectivity index (χ4v) is 2.76. The van der Waals surface area contributed by atoms with Crippen LogP contribution in [0.1, 0.15) is 26.7 Å². The zero-order valence-corrected chi connectivity index (χ0v) is 15.0. The van der Waals surface area contributed by atoms with Gasteiger partial charge in [-0.3, -0.25) is 19.3 Å². The van der Waals surface area contributed by atoms with E-state index in [-0.39, 0.29) is 36.9 Å². The topological polar surface area (TPSA) is 81.8 Å². The maximum atomic E-state index is 12.1. The highest BCUT2D eigenvalue weighted by molar-refractivity contribution is 5.96. The summed E-state index contributed by atoms with van der Waals surface area (Å²) in [4.78, 5) is 38.9. The lowest BCUT2D eigenvalue weighted by molar-refractivity contribution is -0.123. The SMILES string of the molecule is CC(C)NC(=O)CN(C)CC(=O)Nc1ccc(N2CCCC2=O)cc1. The van der Waals surface area contributed by atoms with Gasteiger partial charge in [0.1, 0.15) is 0 Å². The second kappa shape index (κ2) is 8.62. The molecule has 1 heterocycles. The molecule has 1 saturated heterocycles. The minimum absolute atomic E-state index is 0.0794. The average Bonchev–Trinajstić information content (AvgIpc) is 2.92. The first-order chi connectivity index (χ1) is 11.8. The van der Waals surface area contributed by atoms with Crippen LogP contribution in [0.2, 0.25) is 0 Å². The Morgan fingerprint density at radius 2 is 1.80 bits per heavy atom. The number of hydrogen-bond donors (Lipinski definition) is 2. The van der Waals surface area contributed by atoms with Crippen LogP contribution in [0.4, 0.5) is 11.4 Å². The summed E-state index contributed by atoms with van der Waals surface area (Å²) in [6.07, 6.45) is 1.48. The van der Waals surface area contributed by atoms with Crippen LogP contribution in [0.5, 0.6) is 0 Å². The average molecular weight is 346 g/mol. The molecule has 0 spiro atoms. The van der Waals surface area contributed by atoms with Crippen LogP contribution in [0.3, 0.4) is 0 Å². The lowest BCUT2D eigenvalue weighted by Gasteiger charge is -2.18. The summed E-state index contributed by atoms with van der Waals surface area (Å²) >= 11 is 0. The third kappa shape index (κ3) is 5.86. The van der Waals surface area contributed by atoms with Gasteiger partial charge in [-0.05, 0) is 51.6 Å². The number of hydrogen-bond acceptors (Lipinski definition) is 4. The first-order valence-corrected chi connectivity index (χ1v) is 8.53. The van der Waals surface area contributed by atoms with E-state index in [1.165, 1.54) is 0 Å². The summed E-state index contributed by atoms with van der Waals surface area (Å²) in [5, 5.41) is 5.59. The molecule has 1 fully saturated rings. The highest BCUT2D eigenvalue weighted by atomic mass is 16.2. The fourth-order valence-electron chi connectivity index (χ4n) is 2.76. The molecule has 1 aliphatic heterocycles. The van der Waals surface area contributed by atoms with Crippen molar-refractivity contribution >= 4 is 29.1 Å². The predicted molar refractivity (Wildman–Crippen MR) is 97.4 cm³/mol. The predicted octanol–water partition coefficient (Wildman–Crippen LogP) is 1.21. The van der Waals surface area contributed by atoms with Gasteiger partial charge < -0.3 is 15.5 Å². The second-order valence-electron chi connectivity index (χ2n) is 6.64. The number of nitrogens with zero attached hydrogens (tertiary/aromatic N) is 2. The van der Waals surface area contributed by atoms with E-state index < -0.39 is 0 Å². The van der Waals surface area contributed by atoms with Crippen LogP contribution in [0.25, 0.3) is 0 Å². The maximum absolute atomic E-state index is 12.1. The van der Waals surface area contributed by atoms with E-state index >= 15 is 0 Å². The van der Waals surface area contributed by atoms with Crippen molar-refractivity contribution in [1.29, 1.82) is 0 Å². The third-order valence-corrected chi connectivity index (χ3v) is 3.81. The second-order valence-corrected chi connectivity index (χ2v) is 6.64. The molecule has 1 aromatic rings. The Morgan fingerprint density at radius 3 is 2.36 bits per heavy atom. The zero-order valence-electron chi connectivity index (χ0n) is 15.0. The van der Waals surface area contributed by atoms with Gasteiger partial charge in [0.05, 0.1) is 13.1 Å². The van der Waals surface area contributed by atoms with Crippen molar-refractivity contribution < 1.29 is 14.4 Å². The summed E-state index contributed by atoms with van der Waals surface area (Å²) in [5.41, 5.74) is 1.52. The molecule has 7 nitrogen and oxygen atoms in total. The molecule has 7 heteroatoms. The van der Waals surface area contributed by atoms with Crippen LogP contribution in [-0.2, 0) is 14.4 Å². The van der Waals surface area contributed by atoms with Crippen molar-refractivity contribution in [1.82, 2.24) is 10.2 Å². The standard InChI is InChI=1S/C18H26N4O3/c1-13(2)19-16(23)11-21(3)12-17(24)20-14-6-8-15(9-7-14)22-10-4-5-18(22)25/h6-9,13H,4-5,10-12H2,1-3H3,(H,19,23)(H,20,24). The molecule has 0 aliphatic carbocycles. The summed E-state index contributed by atoms with van der Waals surface area (Å²) in [6, 6.07) is 7.31. The number of carbonyl (C=O) groups excluding carboxylic acids is 3. The van der Waals surface area contributed by atoms with Gasteiger partial charge in [0.2, 0.25) is 17.7 Å².